The second-order valence-corrected chi connectivity index (χ2v) is 6.57. The molecule has 8 heteroatoms. The van der Waals surface area contributed by atoms with E-state index in [2.05, 4.69) is 5.32 Å². The smallest absolute Gasteiger partial charge is 0.375 e. The summed E-state index contributed by atoms with van der Waals surface area (Å²) in [4.78, 5) is 36.6. The first-order chi connectivity index (χ1) is 13.2. The Labute approximate surface area is 163 Å². The van der Waals surface area contributed by atoms with Crippen LogP contribution in [0.1, 0.15) is 23.0 Å². The Morgan fingerprint density at radius 2 is 1.93 bits per heavy atom. The minimum absolute atomic E-state index is 0.107. The van der Waals surface area contributed by atoms with Gasteiger partial charge in [0.2, 0.25) is 5.76 Å². The summed E-state index contributed by atoms with van der Waals surface area (Å²) in [6.07, 6.45) is -1.26. The molecule has 0 bridgehead atoms. The van der Waals surface area contributed by atoms with Crippen LogP contribution in [-0.4, -0.2) is 18.0 Å². The zero-order valence-electron chi connectivity index (χ0n) is 14.9. The van der Waals surface area contributed by atoms with Crippen LogP contribution in [0.5, 0.6) is 0 Å². The van der Waals surface area contributed by atoms with Crippen molar-refractivity contribution in [1.29, 1.82) is 0 Å². The number of nitrogens with one attached hydrogen (secondary N) is 1. The first-order valence-corrected chi connectivity index (χ1v) is 8.64. The van der Waals surface area contributed by atoms with Crippen molar-refractivity contribution in [2.75, 3.05) is 5.32 Å². The predicted molar refractivity (Wildman–Crippen MR) is 102 cm³/mol. The third kappa shape index (κ3) is 4.20. The van der Waals surface area contributed by atoms with Crippen LogP contribution >= 0.6 is 11.6 Å². The van der Waals surface area contributed by atoms with Gasteiger partial charge in [-0.25, -0.2) is 9.18 Å². The fraction of sp³-hybridized carbons (Fsp3) is 0.150. The molecule has 0 saturated heterocycles. The molecule has 0 aliphatic carbocycles. The number of esters is 1. The maximum absolute atomic E-state index is 13.8. The first kappa shape index (κ1) is 19.6. The Morgan fingerprint density at radius 1 is 1.18 bits per heavy atom. The number of anilines is 1. The third-order valence-electron chi connectivity index (χ3n) is 3.93. The molecule has 0 aliphatic rings. The number of rotatable bonds is 4. The van der Waals surface area contributed by atoms with Gasteiger partial charge in [-0.15, -0.1) is 0 Å². The van der Waals surface area contributed by atoms with Gasteiger partial charge in [-0.3, -0.25) is 9.59 Å². The lowest BCUT2D eigenvalue weighted by Crippen LogP contribution is -2.30. The molecular weight excluding hydrogens is 389 g/mol. The van der Waals surface area contributed by atoms with Gasteiger partial charge in [-0.1, -0.05) is 23.2 Å². The van der Waals surface area contributed by atoms with E-state index in [4.69, 9.17) is 20.8 Å². The largest absolute Gasteiger partial charge is 0.449 e. The highest BCUT2D eigenvalue weighted by Gasteiger charge is 2.22. The van der Waals surface area contributed by atoms with Gasteiger partial charge in [0.25, 0.3) is 5.91 Å². The minimum atomic E-state index is -1.26. The fourth-order valence-electron chi connectivity index (χ4n) is 2.47. The van der Waals surface area contributed by atoms with Gasteiger partial charge >= 0.3 is 5.97 Å². The number of aryl methyl sites for hydroxylation is 1. The quantitative estimate of drug-likeness (QED) is 0.663. The monoisotopic (exact) mass is 403 g/mol. The van der Waals surface area contributed by atoms with Crippen LogP contribution in [0.4, 0.5) is 10.1 Å². The lowest BCUT2D eigenvalue weighted by molar-refractivity contribution is -0.123. The maximum atomic E-state index is 13.8. The number of carbonyl (C=O) groups is 2. The van der Waals surface area contributed by atoms with E-state index >= 15 is 0 Å². The minimum Gasteiger partial charge on any atom is -0.449 e. The molecule has 0 spiro atoms. The first-order valence-electron chi connectivity index (χ1n) is 8.26. The lowest BCUT2D eigenvalue weighted by atomic mass is 10.1. The second-order valence-electron chi connectivity index (χ2n) is 6.14. The molecule has 0 aliphatic heterocycles. The Hall–Kier alpha value is -3.19. The number of hydrogen-bond donors (Lipinski definition) is 1. The normalized spacial score (nSPS) is 11.9. The molecule has 1 aromatic heterocycles. The van der Waals surface area contributed by atoms with Gasteiger partial charge in [-0.05, 0) is 44.2 Å². The van der Waals surface area contributed by atoms with Crippen LogP contribution < -0.4 is 10.7 Å². The summed E-state index contributed by atoms with van der Waals surface area (Å²) >= 11 is 5.66. The van der Waals surface area contributed by atoms with Gasteiger partial charge in [0.05, 0.1) is 11.1 Å². The van der Waals surface area contributed by atoms with Crippen molar-refractivity contribution >= 4 is 40.1 Å². The van der Waals surface area contributed by atoms with Gasteiger partial charge in [-0.2, -0.15) is 0 Å². The molecule has 2 aromatic carbocycles. The molecule has 144 valence electrons. The van der Waals surface area contributed by atoms with E-state index in [0.717, 1.165) is 17.7 Å². The van der Waals surface area contributed by atoms with Gasteiger partial charge in [0.15, 0.2) is 11.5 Å². The van der Waals surface area contributed by atoms with Crippen molar-refractivity contribution < 1.29 is 23.1 Å². The number of ether oxygens (including phenoxy) is 1. The topological polar surface area (TPSA) is 85.6 Å². The third-order valence-corrected chi connectivity index (χ3v) is 4.16. The second kappa shape index (κ2) is 7.82. The molecule has 1 N–H and O–H groups in total. The summed E-state index contributed by atoms with van der Waals surface area (Å²) in [5.74, 6) is -2.80. The van der Waals surface area contributed by atoms with Gasteiger partial charge < -0.3 is 14.5 Å². The predicted octanol–water partition coefficient (Wildman–Crippen LogP) is 4.08. The van der Waals surface area contributed by atoms with E-state index < -0.39 is 29.2 Å². The molecular formula is C20H15ClFNO5. The van der Waals surface area contributed by atoms with Crippen molar-refractivity contribution in [2.24, 2.45) is 0 Å². The molecule has 1 atom stereocenters. The molecule has 3 aromatic rings. The number of fused-ring (bicyclic) bond motifs is 1. The molecule has 0 radical (unpaired) electrons. The summed E-state index contributed by atoms with van der Waals surface area (Å²) in [6, 6.07) is 9.69. The lowest BCUT2D eigenvalue weighted by Gasteiger charge is -2.13. The van der Waals surface area contributed by atoms with E-state index in [9.17, 15) is 18.8 Å². The summed E-state index contributed by atoms with van der Waals surface area (Å²) < 4.78 is 24.2. The molecule has 3 rings (SSSR count). The molecule has 0 fully saturated rings. The van der Waals surface area contributed by atoms with Gasteiger partial charge in [0, 0.05) is 11.1 Å². The van der Waals surface area contributed by atoms with E-state index in [1.165, 1.54) is 19.1 Å². The molecule has 1 amide bonds. The van der Waals surface area contributed by atoms with Crippen molar-refractivity contribution in [3.8, 4) is 0 Å². The average Bonchev–Trinajstić information content (AvgIpc) is 2.64. The Morgan fingerprint density at radius 3 is 2.64 bits per heavy atom. The van der Waals surface area contributed by atoms with Crippen LogP contribution in [0, 0.1) is 12.7 Å². The zero-order valence-corrected chi connectivity index (χ0v) is 15.7. The van der Waals surface area contributed by atoms with E-state index in [0.29, 0.717) is 5.39 Å². The van der Waals surface area contributed by atoms with Crippen molar-refractivity contribution in [1.82, 2.24) is 0 Å². The number of halogens is 2. The molecule has 0 saturated carbocycles. The van der Waals surface area contributed by atoms with Crippen molar-refractivity contribution in [3.63, 3.8) is 0 Å². The molecule has 6 nitrogen and oxygen atoms in total. The molecule has 28 heavy (non-hydrogen) atoms. The van der Waals surface area contributed by atoms with Crippen LogP contribution in [-0.2, 0) is 9.53 Å². The van der Waals surface area contributed by atoms with Crippen LogP contribution in [0.3, 0.4) is 0 Å². The van der Waals surface area contributed by atoms with Crippen molar-refractivity contribution in [2.45, 2.75) is 20.0 Å². The Balaban J connectivity index is 1.74. The van der Waals surface area contributed by atoms with Gasteiger partial charge in [0.1, 0.15) is 11.4 Å². The van der Waals surface area contributed by atoms with Crippen molar-refractivity contribution in [3.05, 3.63) is 74.9 Å². The number of benzene rings is 2. The summed E-state index contributed by atoms with van der Waals surface area (Å²) in [6.45, 7) is 3.13. The van der Waals surface area contributed by atoms with Crippen LogP contribution in [0.2, 0.25) is 5.02 Å². The number of hydrogen-bond acceptors (Lipinski definition) is 5. The highest BCUT2D eigenvalue weighted by atomic mass is 35.5. The SMILES string of the molecule is Cc1ccc2oc(C(=O)O[C@H](C)C(=O)Nc3ccc(Cl)cc3F)cc(=O)c2c1. The average molecular weight is 404 g/mol. The van der Waals surface area contributed by atoms with Crippen LogP contribution in [0.15, 0.2) is 51.7 Å². The summed E-state index contributed by atoms with van der Waals surface area (Å²) in [5, 5.41) is 2.81. The van der Waals surface area contributed by atoms with Crippen LogP contribution in [0.25, 0.3) is 11.0 Å². The number of carbonyl (C=O) groups excluding carboxylic acids is 2. The van der Waals surface area contributed by atoms with E-state index in [1.54, 1.807) is 18.2 Å². The highest BCUT2D eigenvalue weighted by Crippen LogP contribution is 2.19. The summed E-state index contributed by atoms with van der Waals surface area (Å²) in [5.41, 5.74) is 0.586. The highest BCUT2D eigenvalue weighted by molar-refractivity contribution is 6.30. The Bertz CT molecular complexity index is 1140. The van der Waals surface area contributed by atoms with E-state index in [1.807, 2.05) is 6.92 Å². The zero-order chi connectivity index (χ0) is 20.4. The standard InChI is InChI=1S/C20H15ClFNO5/c1-10-3-6-17-13(7-10)16(24)9-18(28-17)20(26)27-11(2)19(25)23-15-5-4-12(21)8-14(15)22/h3-9,11H,1-2H3,(H,23,25)/t11-/m1/s1. The fourth-order valence-corrected chi connectivity index (χ4v) is 2.63. The Kier molecular flexibility index (Phi) is 5.46. The summed E-state index contributed by atoms with van der Waals surface area (Å²) in [7, 11) is 0. The molecule has 1 heterocycles. The van der Waals surface area contributed by atoms with E-state index in [-0.39, 0.29) is 22.1 Å². The maximum Gasteiger partial charge on any atom is 0.375 e. The number of amides is 1. The molecule has 0 unspecified atom stereocenters.